The Bertz CT molecular complexity index is 546. The van der Waals surface area contributed by atoms with Crippen molar-refractivity contribution in [3.63, 3.8) is 0 Å². The Morgan fingerprint density at radius 2 is 2.00 bits per heavy atom. The van der Waals surface area contributed by atoms with Crippen molar-refractivity contribution < 1.29 is 9.69 Å². The van der Waals surface area contributed by atoms with Crippen molar-refractivity contribution in [3.05, 3.63) is 48.0 Å². The summed E-state index contributed by atoms with van der Waals surface area (Å²) < 4.78 is 0. The van der Waals surface area contributed by atoms with Gasteiger partial charge >= 0.3 is 0 Å². The van der Waals surface area contributed by atoms with Gasteiger partial charge < -0.3 is 9.80 Å². The van der Waals surface area contributed by atoms with E-state index in [1.807, 2.05) is 11.0 Å². The van der Waals surface area contributed by atoms with Crippen molar-refractivity contribution in [1.82, 2.24) is 20.1 Å². The Morgan fingerprint density at radius 3 is 2.65 bits per heavy atom. The number of hydrogen-bond donors (Lipinski definition) is 2. The average Bonchev–Trinajstić information content (AvgIpc) is 3.03. The largest absolute Gasteiger partial charge is 0.328 e. The maximum atomic E-state index is 12.1. The first-order valence-corrected chi connectivity index (χ1v) is 6.85. The number of amides is 1. The number of rotatable bonds is 3. The van der Waals surface area contributed by atoms with E-state index >= 15 is 0 Å². The van der Waals surface area contributed by atoms with Crippen molar-refractivity contribution in [2.75, 3.05) is 26.2 Å². The Balaban J connectivity index is 1.53. The van der Waals surface area contributed by atoms with Crippen LogP contribution in [0.3, 0.4) is 0 Å². The van der Waals surface area contributed by atoms with E-state index < -0.39 is 0 Å². The normalized spacial score (nSPS) is 16.3. The van der Waals surface area contributed by atoms with Crippen LogP contribution in [0, 0.1) is 0 Å². The van der Waals surface area contributed by atoms with Gasteiger partial charge in [0.2, 0.25) is 5.82 Å². The van der Waals surface area contributed by atoms with Crippen LogP contribution in [0.1, 0.15) is 16.2 Å². The van der Waals surface area contributed by atoms with Crippen molar-refractivity contribution in [2.45, 2.75) is 6.54 Å². The van der Waals surface area contributed by atoms with Crippen molar-refractivity contribution in [3.8, 4) is 0 Å². The molecule has 1 saturated heterocycles. The molecule has 1 amide bonds. The third-order valence-electron chi connectivity index (χ3n) is 3.67. The summed E-state index contributed by atoms with van der Waals surface area (Å²) in [6, 6.07) is 10.5. The zero-order chi connectivity index (χ0) is 13.8. The fourth-order valence-electron chi connectivity index (χ4n) is 2.55. The molecule has 1 aliphatic heterocycles. The van der Waals surface area contributed by atoms with Gasteiger partial charge in [-0.25, -0.2) is 4.98 Å². The summed E-state index contributed by atoms with van der Waals surface area (Å²) in [7, 11) is 0. The third kappa shape index (κ3) is 2.85. The van der Waals surface area contributed by atoms with Crippen LogP contribution in [0.2, 0.25) is 0 Å². The number of carbonyl (C=O) groups excluding carboxylic acids is 1. The number of nitrogens with zero attached hydrogens (tertiary/aromatic N) is 3. The number of nitrogens with one attached hydrogen (secondary N) is 2. The van der Waals surface area contributed by atoms with Crippen LogP contribution in [0.5, 0.6) is 0 Å². The molecule has 3 rings (SSSR count). The molecule has 0 bridgehead atoms. The summed E-state index contributed by atoms with van der Waals surface area (Å²) >= 11 is 0. The van der Waals surface area contributed by atoms with Crippen LogP contribution in [-0.4, -0.2) is 52.2 Å². The number of aromatic nitrogens is 3. The molecular formula is C14H18N5O+. The minimum Gasteiger partial charge on any atom is -0.328 e. The predicted molar refractivity (Wildman–Crippen MR) is 73.1 cm³/mol. The standard InChI is InChI=1S/C14H17N5O/c20-14(13-15-11-16-17-13)19-8-6-18(7-9-19)10-12-4-2-1-3-5-12/h1-5,11H,6-10H2,(H,15,16,17)/p+1. The molecule has 2 heterocycles. The van der Waals surface area contributed by atoms with Crippen molar-refractivity contribution >= 4 is 5.91 Å². The lowest BCUT2D eigenvalue weighted by Crippen LogP contribution is -3.13. The summed E-state index contributed by atoms with van der Waals surface area (Å²) in [5.74, 6) is 0.276. The predicted octanol–water partition coefficient (Wildman–Crippen LogP) is -0.654. The second-order valence-electron chi connectivity index (χ2n) is 5.04. The van der Waals surface area contributed by atoms with E-state index in [1.54, 1.807) is 0 Å². The first-order valence-electron chi connectivity index (χ1n) is 6.85. The number of H-pyrrole nitrogens is 1. The summed E-state index contributed by atoms with van der Waals surface area (Å²) in [6.07, 6.45) is 1.37. The summed E-state index contributed by atoms with van der Waals surface area (Å²) in [5.41, 5.74) is 1.34. The molecule has 1 fully saturated rings. The summed E-state index contributed by atoms with van der Waals surface area (Å²) in [4.78, 5) is 19.4. The van der Waals surface area contributed by atoms with E-state index in [0.29, 0.717) is 5.82 Å². The van der Waals surface area contributed by atoms with Crippen LogP contribution >= 0.6 is 0 Å². The lowest BCUT2D eigenvalue weighted by atomic mass is 10.2. The van der Waals surface area contributed by atoms with Crippen LogP contribution in [0.4, 0.5) is 0 Å². The summed E-state index contributed by atoms with van der Waals surface area (Å²) in [5, 5.41) is 6.35. The quantitative estimate of drug-likeness (QED) is 0.780. The number of benzene rings is 1. The maximum absolute atomic E-state index is 12.1. The SMILES string of the molecule is O=C(c1ncn[nH]1)N1CC[NH+](Cc2ccccc2)CC1. The molecule has 0 unspecified atom stereocenters. The Kier molecular flexibility index (Phi) is 3.73. The van der Waals surface area contributed by atoms with E-state index in [-0.39, 0.29) is 5.91 Å². The Morgan fingerprint density at radius 1 is 1.25 bits per heavy atom. The van der Waals surface area contributed by atoms with Crippen LogP contribution in [0.15, 0.2) is 36.7 Å². The highest BCUT2D eigenvalue weighted by Gasteiger charge is 2.25. The number of hydrogen-bond acceptors (Lipinski definition) is 3. The molecular weight excluding hydrogens is 254 g/mol. The fourth-order valence-corrected chi connectivity index (χ4v) is 2.55. The Labute approximate surface area is 117 Å². The third-order valence-corrected chi connectivity index (χ3v) is 3.67. The first kappa shape index (κ1) is 12.8. The molecule has 2 aromatic rings. The minimum absolute atomic E-state index is 0.0544. The molecule has 1 aromatic heterocycles. The van der Waals surface area contributed by atoms with Crippen LogP contribution in [-0.2, 0) is 6.54 Å². The summed E-state index contributed by atoms with van der Waals surface area (Å²) in [6.45, 7) is 4.48. The maximum Gasteiger partial charge on any atom is 0.291 e. The molecule has 0 saturated carbocycles. The lowest BCUT2D eigenvalue weighted by Gasteiger charge is -2.31. The van der Waals surface area contributed by atoms with E-state index in [4.69, 9.17) is 0 Å². The van der Waals surface area contributed by atoms with E-state index in [2.05, 4.69) is 39.4 Å². The molecule has 0 atom stereocenters. The highest BCUT2D eigenvalue weighted by Crippen LogP contribution is 2.00. The molecule has 0 radical (unpaired) electrons. The highest BCUT2D eigenvalue weighted by molar-refractivity contribution is 5.90. The molecule has 1 aliphatic rings. The van der Waals surface area contributed by atoms with Gasteiger partial charge in [0, 0.05) is 5.56 Å². The lowest BCUT2D eigenvalue weighted by molar-refractivity contribution is -0.917. The van der Waals surface area contributed by atoms with E-state index in [0.717, 1.165) is 32.7 Å². The number of aromatic amines is 1. The van der Waals surface area contributed by atoms with Gasteiger partial charge in [0.15, 0.2) is 0 Å². The number of piperazine rings is 1. The van der Waals surface area contributed by atoms with Gasteiger partial charge in [-0.15, -0.1) is 0 Å². The van der Waals surface area contributed by atoms with Gasteiger partial charge in [-0.1, -0.05) is 30.3 Å². The first-order chi connectivity index (χ1) is 9.83. The highest BCUT2D eigenvalue weighted by atomic mass is 16.2. The van der Waals surface area contributed by atoms with Gasteiger partial charge in [0.05, 0.1) is 26.2 Å². The second-order valence-corrected chi connectivity index (χ2v) is 5.04. The van der Waals surface area contributed by atoms with E-state index in [9.17, 15) is 4.79 Å². The van der Waals surface area contributed by atoms with Crippen LogP contribution in [0.25, 0.3) is 0 Å². The molecule has 1 aromatic carbocycles. The smallest absolute Gasteiger partial charge is 0.291 e. The molecule has 6 heteroatoms. The van der Waals surface area contributed by atoms with Gasteiger partial charge in [-0.3, -0.25) is 9.89 Å². The topological polar surface area (TPSA) is 66.3 Å². The van der Waals surface area contributed by atoms with Crippen molar-refractivity contribution in [1.29, 1.82) is 0 Å². The van der Waals surface area contributed by atoms with Gasteiger partial charge in [-0.2, -0.15) is 5.10 Å². The van der Waals surface area contributed by atoms with Gasteiger partial charge in [0.1, 0.15) is 12.9 Å². The van der Waals surface area contributed by atoms with Crippen molar-refractivity contribution in [2.24, 2.45) is 0 Å². The Hall–Kier alpha value is -2.21. The van der Waals surface area contributed by atoms with Crippen LogP contribution < -0.4 is 4.90 Å². The average molecular weight is 272 g/mol. The minimum atomic E-state index is -0.0544. The van der Waals surface area contributed by atoms with E-state index in [1.165, 1.54) is 16.8 Å². The molecule has 0 spiro atoms. The number of quaternary nitrogens is 1. The molecule has 6 nitrogen and oxygen atoms in total. The molecule has 20 heavy (non-hydrogen) atoms. The zero-order valence-corrected chi connectivity index (χ0v) is 11.2. The molecule has 2 N–H and O–H groups in total. The van der Waals surface area contributed by atoms with Gasteiger partial charge in [-0.05, 0) is 0 Å². The zero-order valence-electron chi connectivity index (χ0n) is 11.2. The molecule has 0 aliphatic carbocycles. The monoisotopic (exact) mass is 272 g/mol. The fraction of sp³-hybridized carbons (Fsp3) is 0.357. The molecule has 104 valence electrons. The number of carbonyl (C=O) groups is 1. The second kappa shape index (κ2) is 5.83. The van der Waals surface area contributed by atoms with Gasteiger partial charge in [0.25, 0.3) is 5.91 Å².